The Hall–Kier alpha value is -8.15. The lowest BCUT2D eigenvalue weighted by atomic mass is 9.98. The number of hydrogen-bond donors (Lipinski definition) is 0. The number of rotatable bonds is 7. The number of nitrogens with zero attached hydrogens (tertiary/aromatic N) is 7. The number of aromatic nitrogens is 6. The Morgan fingerprint density at radius 2 is 0.807 bits per heavy atom. The standard InChI is InChI=1S/C49H29N7O/c1-50-38-28-36(27-37(29-38)48-53-44(31-15-6-2-7-16-31)51-45(54-48)32-17-8-3-9-18-32)35-25-26-41-40(30-35)43-39(23-14-24-42(43)57-41)49-55-46(33-19-10-4-11-20-33)52-47(56-49)34-21-12-5-13-22-34/h2-30H. The predicted octanol–water partition coefficient (Wildman–Crippen LogP) is 12.2. The average Bonchev–Trinajstić information content (AvgIpc) is 3.68. The molecule has 0 aliphatic carbocycles. The Morgan fingerprint density at radius 3 is 1.30 bits per heavy atom. The summed E-state index contributed by atoms with van der Waals surface area (Å²) in [5.41, 5.74) is 8.71. The molecule has 0 unspecified atom stereocenters. The van der Waals surface area contributed by atoms with Gasteiger partial charge in [-0.25, -0.2) is 34.7 Å². The first-order chi connectivity index (χ1) is 28.2. The minimum absolute atomic E-state index is 0.468. The van der Waals surface area contributed by atoms with Gasteiger partial charge in [0.15, 0.2) is 40.6 Å². The molecule has 0 aliphatic heterocycles. The molecule has 57 heavy (non-hydrogen) atoms. The van der Waals surface area contributed by atoms with E-state index in [0.29, 0.717) is 51.8 Å². The second-order valence-corrected chi connectivity index (χ2v) is 13.4. The summed E-state index contributed by atoms with van der Waals surface area (Å²) in [4.78, 5) is 33.5. The monoisotopic (exact) mass is 731 g/mol. The number of hydrogen-bond acceptors (Lipinski definition) is 7. The first-order valence-corrected chi connectivity index (χ1v) is 18.4. The molecule has 0 atom stereocenters. The summed E-state index contributed by atoms with van der Waals surface area (Å²) in [5, 5.41) is 1.78. The zero-order chi connectivity index (χ0) is 38.1. The molecule has 0 radical (unpaired) electrons. The van der Waals surface area contributed by atoms with E-state index in [4.69, 9.17) is 40.9 Å². The highest BCUT2D eigenvalue weighted by Crippen LogP contribution is 2.40. The van der Waals surface area contributed by atoms with Gasteiger partial charge in [0.05, 0.1) is 6.57 Å². The molecular weight excluding hydrogens is 703 g/mol. The molecule has 10 aromatic rings. The van der Waals surface area contributed by atoms with Crippen LogP contribution < -0.4 is 0 Å². The second-order valence-electron chi connectivity index (χ2n) is 13.4. The largest absolute Gasteiger partial charge is 0.456 e. The van der Waals surface area contributed by atoms with Crippen LogP contribution in [0.5, 0.6) is 0 Å². The van der Waals surface area contributed by atoms with Crippen LogP contribution in [0.1, 0.15) is 0 Å². The van der Waals surface area contributed by atoms with Gasteiger partial charge in [-0.15, -0.1) is 0 Å². The van der Waals surface area contributed by atoms with Crippen LogP contribution >= 0.6 is 0 Å². The minimum Gasteiger partial charge on any atom is -0.456 e. The summed E-state index contributed by atoms with van der Waals surface area (Å²) >= 11 is 0. The Morgan fingerprint density at radius 1 is 0.351 bits per heavy atom. The van der Waals surface area contributed by atoms with Crippen molar-refractivity contribution in [3.8, 4) is 79.5 Å². The third-order valence-corrected chi connectivity index (χ3v) is 9.77. The summed E-state index contributed by atoms with van der Waals surface area (Å²) in [5.74, 6) is 3.28. The molecule has 0 saturated heterocycles. The first-order valence-electron chi connectivity index (χ1n) is 18.4. The van der Waals surface area contributed by atoms with Gasteiger partial charge in [0.25, 0.3) is 0 Å². The molecule has 3 heterocycles. The SMILES string of the molecule is [C-]#[N+]c1cc(-c2ccc3oc4cccc(-c5nc(-c6ccccc6)nc(-c6ccccc6)n5)c4c3c2)cc(-c2nc(-c3ccccc3)nc(-c3ccccc3)n2)c1. The van der Waals surface area contributed by atoms with Crippen molar-refractivity contribution < 1.29 is 4.42 Å². The van der Waals surface area contributed by atoms with E-state index >= 15 is 0 Å². The number of fused-ring (bicyclic) bond motifs is 3. The quantitative estimate of drug-likeness (QED) is 0.151. The van der Waals surface area contributed by atoms with E-state index < -0.39 is 0 Å². The molecule has 0 bridgehead atoms. The van der Waals surface area contributed by atoms with Crippen molar-refractivity contribution in [2.24, 2.45) is 0 Å². The molecule has 8 heteroatoms. The molecule has 0 saturated carbocycles. The van der Waals surface area contributed by atoms with Gasteiger partial charge in [0.1, 0.15) is 11.2 Å². The minimum atomic E-state index is 0.468. The van der Waals surface area contributed by atoms with E-state index in [1.807, 2.05) is 170 Å². The van der Waals surface area contributed by atoms with E-state index in [0.717, 1.165) is 55.3 Å². The summed E-state index contributed by atoms with van der Waals surface area (Å²) in [7, 11) is 0. The zero-order valence-electron chi connectivity index (χ0n) is 30.3. The van der Waals surface area contributed by atoms with Crippen molar-refractivity contribution in [1.29, 1.82) is 0 Å². The van der Waals surface area contributed by atoms with Gasteiger partial charge >= 0.3 is 0 Å². The van der Waals surface area contributed by atoms with E-state index in [2.05, 4.69) is 10.9 Å². The highest BCUT2D eigenvalue weighted by atomic mass is 16.3. The van der Waals surface area contributed by atoms with E-state index in [1.165, 1.54) is 0 Å². The Balaban J connectivity index is 1.13. The predicted molar refractivity (Wildman–Crippen MR) is 225 cm³/mol. The molecule has 10 rings (SSSR count). The van der Waals surface area contributed by atoms with Crippen LogP contribution in [-0.4, -0.2) is 29.9 Å². The molecule has 0 aliphatic rings. The average molecular weight is 732 g/mol. The maximum Gasteiger partial charge on any atom is 0.188 e. The third-order valence-electron chi connectivity index (χ3n) is 9.77. The smallest absolute Gasteiger partial charge is 0.188 e. The fraction of sp³-hybridized carbons (Fsp3) is 0. The van der Waals surface area contributed by atoms with Crippen molar-refractivity contribution in [2.75, 3.05) is 0 Å². The van der Waals surface area contributed by atoms with E-state index in [-0.39, 0.29) is 0 Å². The lowest BCUT2D eigenvalue weighted by molar-refractivity contribution is 0.669. The van der Waals surface area contributed by atoms with Crippen LogP contribution in [0.4, 0.5) is 5.69 Å². The van der Waals surface area contributed by atoms with Gasteiger partial charge in [-0.1, -0.05) is 140 Å². The van der Waals surface area contributed by atoms with Crippen LogP contribution in [0.2, 0.25) is 0 Å². The fourth-order valence-corrected chi connectivity index (χ4v) is 7.03. The van der Waals surface area contributed by atoms with Crippen molar-refractivity contribution in [2.45, 2.75) is 0 Å². The number of benzene rings is 7. The summed E-state index contributed by atoms with van der Waals surface area (Å²) in [6.07, 6.45) is 0. The summed E-state index contributed by atoms with van der Waals surface area (Å²) in [6, 6.07) is 57.4. The van der Waals surface area contributed by atoms with Gasteiger partial charge in [0, 0.05) is 44.2 Å². The van der Waals surface area contributed by atoms with Gasteiger partial charge in [-0.05, 0) is 47.5 Å². The Labute approximate surface area is 327 Å². The maximum atomic E-state index is 8.05. The van der Waals surface area contributed by atoms with Crippen molar-refractivity contribution in [3.63, 3.8) is 0 Å². The van der Waals surface area contributed by atoms with Crippen molar-refractivity contribution in [3.05, 3.63) is 187 Å². The van der Waals surface area contributed by atoms with Gasteiger partial charge in [-0.3, -0.25) is 0 Å². The van der Waals surface area contributed by atoms with Crippen LogP contribution in [0.3, 0.4) is 0 Å². The number of furan rings is 1. The molecule has 0 N–H and O–H groups in total. The first kappa shape index (κ1) is 33.4. The highest BCUT2D eigenvalue weighted by molar-refractivity contribution is 6.12. The molecule has 3 aromatic heterocycles. The van der Waals surface area contributed by atoms with Crippen LogP contribution in [0.25, 0.3) is 106 Å². The molecule has 0 amide bonds. The lowest BCUT2D eigenvalue weighted by Crippen LogP contribution is -2.00. The molecule has 8 nitrogen and oxygen atoms in total. The van der Waals surface area contributed by atoms with Crippen molar-refractivity contribution >= 4 is 27.6 Å². The normalized spacial score (nSPS) is 11.1. The third kappa shape index (κ3) is 6.45. The van der Waals surface area contributed by atoms with Crippen LogP contribution in [-0.2, 0) is 0 Å². The highest BCUT2D eigenvalue weighted by Gasteiger charge is 2.19. The molecule has 266 valence electrons. The van der Waals surface area contributed by atoms with Crippen LogP contribution in [0.15, 0.2) is 180 Å². The fourth-order valence-electron chi connectivity index (χ4n) is 7.03. The Bertz CT molecular complexity index is 3010. The van der Waals surface area contributed by atoms with E-state index in [9.17, 15) is 0 Å². The topological polar surface area (TPSA) is 94.8 Å². The van der Waals surface area contributed by atoms with E-state index in [1.54, 1.807) is 0 Å². The molecule has 7 aromatic carbocycles. The second kappa shape index (κ2) is 14.3. The van der Waals surface area contributed by atoms with Gasteiger partial charge < -0.3 is 4.42 Å². The van der Waals surface area contributed by atoms with Gasteiger partial charge in [0.2, 0.25) is 0 Å². The Kier molecular flexibility index (Phi) is 8.36. The molecule has 0 fully saturated rings. The molecule has 0 spiro atoms. The van der Waals surface area contributed by atoms with Crippen molar-refractivity contribution in [1.82, 2.24) is 29.9 Å². The summed E-state index contributed by atoms with van der Waals surface area (Å²) in [6.45, 7) is 8.05. The summed E-state index contributed by atoms with van der Waals surface area (Å²) < 4.78 is 6.44. The van der Waals surface area contributed by atoms with Gasteiger partial charge in [-0.2, -0.15) is 0 Å². The lowest BCUT2D eigenvalue weighted by Gasteiger charge is -2.11. The zero-order valence-corrected chi connectivity index (χ0v) is 30.3. The maximum absolute atomic E-state index is 8.05. The molecular formula is C49H29N7O. The van der Waals surface area contributed by atoms with Crippen LogP contribution in [0, 0.1) is 6.57 Å².